The average molecular weight is 313 g/mol. The zero-order chi connectivity index (χ0) is 15.4. The molecule has 0 N–H and O–H groups in total. The number of aromatic nitrogens is 3. The average Bonchev–Trinajstić information content (AvgIpc) is 3.15. The molecule has 0 saturated heterocycles. The molecule has 0 saturated carbocycles. The second-order valence-electron chi connectivity index (χ2n) is 4.81. The number of esters is 1. The first-order chi connectivity index (χ1) is 10.7. The van der Waals surface area contributed by atoms with Gasteiger partial charge in [0.05, 0.1) is 10.7 Å². The molecule has 3 aromatic rings. The maximum Gasteiger partial charge on any atom is 0.355 e. The Kier molecular flexibility index (Phi) is 4.29. The SMILES string of the molecule is Cc1nc(COC(=O)c2cccn2Cc2ccncc2)cs1. The molecule has 0 bridgehead atoms. The van der Waals surface area contributed by atoms with E-state index in [1.165, 1.54) is 0 Å². The van der Waals surface area contributed by atoms with Crippen LogP contribution < -0.4 is 0 Å². The van der Waals surface area contributed by atoms with Gasteiger partial charge in [0, 0.05) is 30.5 Å². The van der Waals surface area contributed by atoms with Crippen molar-refractivity contribution in [1.82, 2.24) is 14.5 Å². The molecular weight excluding hydrogens is 298 g/mol. The van der Waals surface area contributed by atoms with E-state index in [-0.39, 0.29) is 12.6 Å². The number of ether oxygens (including phenoxy) is 1. The molecule has 5 nitrogen and oxygen atoms in total. The number of rotatable bonds is 5. The van der Waals surface area contributed by atoms with Gasteiger partial charge in [-0.1, -0.05) is 0 Å². The van der Waals surface area contributed by atoms with Crippen molar-refractivity contribution in [3.8, 4) is 0 Å². The Balaban J connectivity index is 1.67. The van der Waals surface area contributed by atoms with Crippen molar-refractivity contribution in [3.63, 3.8) is 0 Å². The van der Waals surface area contributed by atoms with E-state index in [2.05, 4.69) is 9.97 Å². The van der Waals surface area contributed by atoms with Gasteiger partial charge in [-0.2, -0.15) is 0 Å². The van der Waals surface area contributed by atoms with Crippen molar-refractivity contribution in [2.24, 2.45) is 0 Å². The van der Waals surface area contributed by atoms with Crippen LogP contribution in [0.4, 0.5) is 0 Å². The molecule has 3 heterocycles. The first kappa shape index (κ1) is 14.5. The highest BCUT2D eigenvalue weighted by Crippen LogP contribution is 2.12. The van der Waals surface area contributed by atoms with E-state index in [1.54, 1.807) is 29.8 Å². The zero-order valence-electron chi connectivity index (χ0n) is 12.1. The third-order valence-electron chi connectivity index (χ3n) is 3.16. The molecule has 112 valence electrons. The third kappa shape index (κ3) is 3.40. The predicted molar refractivity (Wildman–Crippen MR) is 83.7 cm³/mol. The molecule has 0 atom stereocenters. The summed E-state index contributed by atoms with van der Waals surface area (Å²) < 4.78 is 7.20. The van der Waals surface area contributed by atoms with Gasteiger partial charge in [-0.3, -0.25) is 4.98 Å². The van der Waals surface area contributed by atoms with E-state index in [9.17, 15) is 4.79 Å². The van der Waals surface area contributed by atoms with E-state index < -0.39 is 0 Å². The van der Waals surface area contributed by atoms with Crippen molar-refractivity contribution in [2.75, 3.05) is 0 Å². The molecule has 3 aromatic heterocycles. The highest BCUT2D eigenvalue weighted by atomic mass is 32.1. The van der Waals surface area contributed by atoms with Gasteiger partial charge >= 0.3 is 5.97 Å². The number of aryl methyl sites for hydroxylation is 1. The summed E-state index contributed by atoms with van der Waals surface area (Å²) >= 11 is 1.54. The summed E-state index contributed by atoms with van der Waals surface area (Å²) in [6, 6.07) is 7.45. The predicted octanol–water partition coefficient (Wildman–Crippen LogP) is 3.05. The lowest BCUT2D eigenvalue weighted by molar-refractivity contribution is 0.0456. The fourth-order valence-electron chi connectivity index (χ4n) is 2.11. The van der Waals surface area contributed by atoms with Gasteiger partial charge in [0.25, 0.3) is 0 Å². The van der Waals surface area contributed by atoms with Crippen LogP contribution in [0.15, 0.2) is 48.2 Å². The molecule has 3 rings (SSSR count). The van der Waals surface area contributed by atoms with Gasteiger partial charge in [0.15, 0.2) is 0 Å². The lowest BCUT2D eigenvalue weighted by atomic mass is 10.2. The molecule has 0 radical (unpaired) electrons. The van der Waals surface area contributed by atoms with Crippen LogP contribution in [0.1, 0.15) is 26.8 Å². The molecule has 0 aliphatic carbocycles. The molecule has 0 spiro atoms. The smallest absolute Gasteiger partial charge is 0.355 e. The number of hydrogen-bond acceptors (Lipinski definition) is 5. The fraction of sp³-hybridized carbons (Fsp3) is 0.188. The van der Waals surface area contributed by atoms with Crippen molar-refractivity contribution in [1.29, 1.82) is 0 Å². The fourth-order valence-corrected chi connectivity index (χ4v) is 2.71. The summed E-state index contributed by atoms with van der Waals surface area (Å²) in [5.74, 6) is -0.343. The highest BCUT2D eigenvalue weighted by Gasteiger charge is 2.13. The van der Waals surface area contributed by atoms with E-state index in [0.29, 0.717) is 12.2 Å². The Morgan fingerprint density at radius 2 is 2.14 bits per heavy atom. The van der Waals surface area contributed by atoms with Crippen molar-refractivity contribution >= 4 is 17.3 Å². The molecule has 6 heteroatoms. The standard InChI is InChI=1S/C16H15N3O2S/c1-12-18-14(11-22-12)10-21-16(20)15-3-2-8-19(15)9-13-4-6-17-7-5-13/h2-8,11H,9-10H2,1H3. The Hall–Kier alpha value is -2.47. The summed E-state index contributed by atoms with van der Waals surface area (Å²) in [5, 5.41) is 2.87. The number of nitrogens with zero attached hydrogens (tertiary/aromatic N) is 3. The monoisotopic (exact) mass is 313 g/mol. The van der Waals surface area contributed by atoms with Gasteiger partial charge in [-0.25, -0.2) is 9.78 Å². The van der Waals surface area contributed by atoms with E-state index in [4.69, 9.17) is 4.74 Å². The van der Waals surface area contributed by atoms with Gasteiger partial charge in [0.2, 0.25) is 0 Å². The first-order valence-corrected chi connectivity index (χ1v) is 7.72. The van der Waals surface area contributed by atoms with Crippen LogP contribution in [0, 0.1) is 6.92 Å². The topological polar surface area (TPSA) is 57.0 Å². The minimum absolute atomic E-state index is 0.198. The summed E-state index contributed by atoms with van der Waals surface area (Å²) in [6.45, 7) is 2.73. The minimum Gasteiger partial charge on any atom is -0.454 e. The van der Waals surface area contributed by atoms with Gasteiger partial charge in [-0.05, 0) is 36.8 Å². The van der Waals surface area contributed by atoms with Crippen molar-refractivity contribution < 1.29 is 9.53 Å². The highest BCUT2D eigenvalue weighted by molar-refractivity contribution is 7.09. The second kappa shape index (κ2) is 6.53. The Labute approximate surface area is 132 Å². The maximum atomic E-state index is 12.2. The lowest BCUT2D eigenvalue weighted by Gasteiger charge is -2.08. The molecular formula is C16H15N3O2S. The number of pyridine rings is 1. The van der Waals surface area contributed by atoms with Crippen LogP contribution in [0.2, 0.25) is 0 Å². The van der Waals surface area contributed by atoms with Gasteiger partial charge in [0.1, 0.15) is 12.3 Å². The molecule has 0 aliphatic rings. The van der Waals surface area contributed by atoms with Crippen LogP contribution in [0.3, 0.4) is 0 Å². The summed E-state index contributed by atoms with van der Waals surface area (Å²) in [5.41, 5.74) is 2.39. The second-order valence-corrected chi connectivity index (χ2v) is 5.87. The molecule has 0 aromatic carbocycles. The zero-order valence-corrected chi connectivity index (χ0v) is 12.9. The Morgan fingerprint density at radius 3 is 2.86 bits per heavy atom. The third-order valence-corrected chi connectivity index (χ3v) is 3.98. The molecule has 0 unspecified atom stereocenters. The first-order valence-electron chi connectivity index (χ1n) is 6.84. The maximum absolute atomic E-state index is 12.2. The Morgan fingerprint density at radius 1 is 1.32 bits per heavy atom. The molecule has 0 fully saturated rings. The Bertz CT molecular complexity index is 765. The largest absolute Gasteiger partial charge is 0.454 e. The summed E-state index contributed by atoms with van der Waals surface area (Å²) in [7, 11) is 0. The van der Waals surface area contributed by atoms with Gasteiger partial charge in [-0.15, -0.1) is 11.3 Å². The van der Waals surface area contributed by atoms with E-state index >= 15 is 0 Å². The van der Waals surface area contributed by atoms with E-state index in [1.807, 2.05) is 41.3 Å². The lowest BCUT2D eigenvalue weighted by Crippen LogP contribution is -2.12. The quantitative estimate of drug-likeness (QED) is 0.679. The van der Waals surface area contributed by atoms with Crippen LogP contribution in [0.5, 0.6) is 0 Å². The van der Waals surface area contributed by atoms with Gasteiger partial charge < -0.3 is 9.30 Å². The number of carbonyl (C=O) groups is 1. The summed E-state index contributed by atoms with van der Waals surface area (Å²) in [6.07, 6.45) is 5.34. The normalized spacial score (nSPS) is 10.6. The van der Waals surface area contributed by atoms with Crippen molar-refractivity contribution in [2.45, 2.75) is 20.1 Å². The van der Waals surface area contributed by atoms with Crippen LogP contribution in [0.25, 0.3) is 0 Å². The molecule has 0 amide bonds. The molecule has 22 heavy (non-hydrogen) atoms. The minimum atomic E-state index is -0.343. The van der Waals surface area contributed by atoms with E-state index in [0.717, 1.165) is 16.3 Å². The molecule has 0 aliphatic heterocycles. The number of carbonyl (C=O) groups excluding carboxylic acids is 1. The summed E-state index contributed by atoms with van der Waals surface area (Å²) in [4.78, 5) is 20.5. The number of thiazole rings is 1. The number of hydrogen-bond donors (Lipinski definition) is 0. The van der Waals surface area contributed by atoms with Crippen LogP contribution in [-0.4, -0.2) is 20.5 Å². The van der Waals surface area contributed by atoms with Crippen molar-refractivity contribution in [3.05, 3.63) is 70.2 Å². The van der Waals surface area contributed by atoms with Crippen LogP contribution in [-0.2, 0) is 17.9 Å². The van der Waals surface area contributed by atoms with Crippen LogP contribution >= 0.6 is 11.3 Å².